The number of H-pyrrole nitrogens is 1. The molecule has 0 spiro atoms. The fraction of sp³-hybridized carbons (Fsp3) is 0. The molecule has 0 saturated carbocycles. The van der Waals surface area contributed by atoms with Crippen molar-refractivity contribution in [3.63, 3.8) is 0 Å². The van der Waals surface area contributed by atoms with Gasteiger partial charge in [-0.05, 0) is 30.4 Å². The molecule has 1 aromatic carbocycles. The van der Waals surface area contributed by atoms with Crippen LogP contribution in [0.5, 0.6) is 0 Å². The molecule has 0 aliphatic heterocycles. The Morgan fingerprint density at radius 2 is 2.07 bits per heavy atom. The number of aromatic amines is 1. The van der Waals surface area contributed by atoms with Gasteiger partial charge in [-0.15, -0.1) is 11.3 Å². The summed E-state index contributed by atoms with van der Waals surface area (Å²) in [4.78, 5) is 2.78. The maximum Gasteiger partial charge on any atom is 1.00 e. The van der Waals surface area contributed by atoms with Gasteiger partial charge in [0.25, 0.3) is 10.1 Å². The second-order valence-electron chi connectivity index (χ2n) is 2.65. The number of hydrogen-bond donors (Lipinski definition) is 2. The Morgan fingerprint density at radius 1 is 1.40 bits per heavy atom. The minimum Gasteiger partial charge on any atom is -0.337 e. The largest absolute Gasteiger partial charge is 1.00 e. The fourth-order valence-corrected chi connectivity index (χ4v) is 2.82. The van der Waals surface area contributed by atoms with Crippen LogP contribution in [0.1, 0.15) is 0 Å². The van der Waals surface area contributed by atoms with Gasteiger partial charge in [-0.25, -0.2) is 0 Å². The number of aromatic nitrogens is 1. The standard InChI is InChI=1S/C7H5NO3S3.Na/c9-14(10,11)4-1-2-5-6(3-4)13-7(12)8-5;/h1-3H,(H,8,12)(H,9,10,11);/q;+1. The van der Waals surface area contributed by atoms with Crippen LogP contribution in [-0.2, 0) is 10.1 Å². The van der Waals surface area contributed by atoms with Crippen LogP contribution in [0, 0.1) is 3.95 Å². The maximum atomic E-state index is 10.8. The fourth-order valence-electron chi connectivity index (χ4n) is 1.09. The summed E-state index contributed by atoms with van der Waals surface area (Å²) in [6, 6.07) is 4.29. The Kier molecular flexibility index (Phi) is 4.10. The minimum atomic E-state index is -4.13. The first kappa shape index (κ1) is 13.3. The van der Waals surface area contributed by atoms with Crippen molar-refractivity contribution in [1.82, 2.24) is 4.98 Å². The molecule has 0 amide bonds. The van der Waals surface area contributed by atoms with Crippen molar-refractivity contribution in [2.75, 3.05) is 0 Å². The van der Waals surface area contributed by atoms with Crippen LogP contribution in [-0.4, -0.2) is 18.0 Å². The quantitative estimate of drug-likeness (QED) is 0.405. The van der Waals surface area contributed by atoms with E-state index in [2.05, 4.69) is 4.98 Å². The molecule has 0 aliphatic carbocycles. The van der Waals surface area contributed by atoms with Gasteiger partial charge in [0.15, 0.2) is 3.95 Å². The second-order valence-corrected chi connectivity index (χ2v) is 5.79. The van der Waals surface area contributed by atoms with E-state index in [1.165, 1.54) is 23.5 Å². The van der Waals surface area contributed by atoms with E-state index in [0.29, 0.717) is 8.65 Å². The smallest absolute Gasteiger partial charge is 0.337 e. The summed E-state index contributed by atoms with van der Waals surface area (Å²) in [6.07, 6.45) is 0. The summed E-state index contributed by atoms with van der Waals surface area (Å²) in [5, 5.41) is 0. The molecule has 0 bridgehead atoms. The van der Waals surface area contributed by atoms with E-state index < -0.39 is 10.1 Å². The van der Waals surface area contributed by atoms with Gasteiger partial charge in [-0.1, -0.05) is 0 Å². The van der Waals surface area contributed by atoms with Gasteiger partial charge >= 0.3 is 29.6 Å². The van der Waals surface area contributed by atoms with Crippen LogP contribution in [0.15, 0.2) is 23.1 Å². The van der Waals surface area contributed by atoms with Crippen molar-refractivity contribution in [2.45, 2.75) is 4.90 Å². The molecule has 2 aromatic rings. The van der Waals surface area contributed by atoms with Crippen LogP contribution in [0.25, 0.3) is 10.2 Å². The van der Waals surface area contributed by atoms with E-state index in [1.807, 2.05) is 0 Å². The summed E-state index contributed by atoms with van der Waals surface area (Å²) >= 11 is 6.17. The Balaban J connectivity index is 0.00000112. The van der Waals surface area contributed by atoms with Crippen molar-refractivity contribution < 1.29 is 42.5 Å². The van der Waals surface area contributed by atoms with Gasteiger partial charge < -0.3 is 4.98 Å². The topological polar surface area (TPSA) is 70.2 Å². The molecule has 0 atom stereocenters. The summed E-state index contributed by atoms with van der Waals surface area (Å²) < 4.78 is 31.7. The average molecular weight is 270 g/mol. The van der Waals surface area contributed by atoms with Crippen molar-refractivity contribution >= 4 is 43.9 Å². The molecule has 0 radical (unpaired) electrons. The molecule has 74 valence electrons. The van der Waals surface area contributed by atoms with Gasteiger partial charge in [-0.2, -0.15) is 8.42 Å². The third-order valence-electron chi connectivity index (χ3n) is 1.69. The van der Waals surface area contributed by atoms with E-state index in [0.717, 1.165) is 5.52 Å². The number of rotatable bonds is 1. The first-order valence-electron chi connectivity index (χ1n) is 3.57. The van der Waals surface area contributed by atoms with Crippen molar-refractivity contribution in [3.05, 3.63) is 22.2 Å². The van der Waals surface area contributed by atoms with E-state index in [1.54, 1.807) is 6.07 Å². The van der Waals surface area contributed by atoms with Gasteiger partial charge in [0.05, 0.1) is 15.1 Å². The number of thiazole rings is 1. The molecular weight excluding hydrogens is 265 g/mol. The predicted molar refractivity (Wildman–Crippen MR) is 56.8 cm³/mol. The van der Waals surface area contributed by atoms with E-state index in [9.17, 15) is 8.42 Å². The molecule has 1 aromatic heterocycles. The summed E-state index contributed by atoms with van der Waals surface area (Å²) in [5.74, 6) is 0. The molecular formula is C7H5NNaO3S3+. The van der Waals surface area contributed by atoms with Crippen LogP contribution in [0.4, 0.5) is 0 Å². The number of hydrogen-bond acceptors (Lipinski definition) is 4. The molecule has 0 fully saturated rings. The third kappa shape index (κ3) is 2.88. The summed E-state index contributed by atoms with van der Waals surface area (Å²) in [7, 11) is -4.13. The van der Waals surface area contributed by atoms with Crippen LogP contribution < -0.4 is 29.6 Å². The SMILES string of the molecule is O=S(=O)(O)c1ccc2[nH]c(=S)sc2c1.[Na+]. The zero-order valence-electron chi connectivity index (χ0n) is 7.72. The number of fused-ring (bicyclic) bond motifs is 1. The molecule has 2 N–H and O–H groups in total. The third-order valence-corrected chi connectivity index (χ3v) is 3.74. The maximum absolute atomic E-state index is 10.8. The average Bonchev–Trinajstić information content (AvgIpc) is 2.41. The Bertz CT molecular complexity index is 643. The van der Waals surface area contributed by atoms with Crippen molar-refractivity contribution in [1.29, 1.82) is 0 Å². The second kappa shape index (κ2) is 4.62. The predicted octanol–water partition coefficient (Wildman–Crippen LogP) is -0.790. The molecule has 0 unspecified atom stereocenters. The normalized spacial score (nSPS) is 11.3. The monoisotopic (exact) mass is 270 g/mol. The molecule has 8 heteroatoms. The Labute approximate surface area is 117 Å². The zero-order chi connectivity index (χ0) is 10.3. The summed E-state index contributed by atoms with van der Waals surface area (Å²) in [5.41, 5.74) is 0.771. The van der Waals surface area contributed by atoms with Crippen LogP contribution >= 0.6 is 23.6 Å². The number of nitrogens with one attached hydrogen (secondary N) is 1. The van der Waals surface area contributed by atoms with Crippen LogP contribution in [0.3, 0.4) is 0 Å². The molecule has 0 aliphatic rings. The van der Waals surface area contributed by atoms with Crippen molar-refractivity contribution in [2.24, 2.45) is 0 Å². The van der Waals surface area contributed by atoms with Crippen LogP contribution in [0.2, 0.25) is 0 Å². The Morgan fingerprint density at radius 3 is 2.67 bits per heavy atom. The van der Waals surface area contributed by atoms with Gasteiger partial charge in [0.2, 0.25) is 0 Å². The Hall–Kier alpha value is 0.240. The molecule has 0 saturated heterocycles. The molecule has 1 heterocycles. The van der Waals surface area contributed by atoms with Gasteiger partial charge in [0, 0.05) is 0 Å². The van der Waals surface area contributed by atoms with Crippen molar-refractivity contribution in [3.8, 4) is 0 Å². The zero-order valence-corrected chi connectivity index (χ0v) is 12.2. The van der Waals surface area contributed by atoms with Gasteiger partial charge in [-0.3, -0.25) is 4.55 Å². The molecule has 15 heavy (non-hydrogen) atoms. The van der Waals surface area contributed by atoms with E-state index in [-0.39, 0.29) is 34.5 Å². The summed E-state index contributed by atoms with van der Waals surface area (Å²) in [6.45, 7) is 0. The van der Waals surface area contributed by atoms with Gasteiger partial charge in [0.1, 0.15) is 0 Å². The molecule has 4 nitrogen and oxygen atoms in total. The first-order chi connectivity index (χ1) is 6.47. The van der Waals surface area contributed by atoms with E-state index in [4.69, 9.17) is 16.8 Å². The first-order valence-corrected chi connectivity index (χ1v) is 6.24. The minimum absolute atomic E-state index is 0. The number of benzene rings is 1. The van der Waals surface area contributed by atoms with E-state index >= 15 is 0 Å². The molecule has 2 rings (SSSR count).